The Kier molecular flexibility index (Phi) is 3.28. The number of nitro benzene ring substituents is 1. The summed E-state index contributed by atoms with van der Waals surface area (Å²) in [6, 6.07) is 5.60. The molecule has 0 saturated carbocycles. The Morgan fingerprint density at radius 2 is 1.84 bits per heavy atom. The van der Waals surface area contributed by atoms with Gasteiger partial charge in [-0.2, -0.15) is 0 Å². The van der Waals surface area contributed by atoms with Gasteiger partial charge in [0.05, 0.1) is 16.7 Å². The lowest BCUT2D eigenvalue weighted by Crippen LogP contribution is -2.00. The Morgan fingerprint density at radius 1 is 1.21 bits per heavy atom. The zero-order valence-electron chi connectivity index (χ0n) is 10.4. The Bertz CT molecular complexity index is 623. The summed E-state index contributed by atoms with van der Waals surface area (Å²) < 4.78 is 0. The second kappa shape index (κ2) is 4.89. The fourth-order valence-electron chi connectivity index (χ4n) is 1.64. The van der Waals surface area contributed by atoms with Crippen LogP contribution in [0, 0.1) is 24.0 Å². The SMILES string of the molecule is Cc1cc(C)nc(Nc2ccc([N+](=O)[O-])cc2O)n1. The highest BCUT2D eigenvalue weighted by Gasteiger charge is 2.11. The number of aromatic nitrogens is 2. The molecule has 0 unspecified atom stereocenters. The molecule has 1 aromatic heterocycles. The number of aryl methyl sites for hydroxylation is 2. The average molecular weight is 260 g/mol. The van der Waals surface area contributed by atoms with Crippen molar-refractivity contribution in [3.63, 3.8) is 0 Å². The van der Waals surface area contributed by atoms with Crippen molar-refractivity contribution < 1.29 is 10.0 Å². The molecule has 2 N–H and O–H groups in total. The van der Waals surface area contributed by atoms with Gasteiger partial charge in [-0.05, 0) is 26.0 Å². The zero-order valence-corrected chi connectivity index (χ0v) is 10.4. The van der Waals surface area contributed by atoms with E-state index in [2.05, 4.69) is 15.3 Å². The maximum atomic E-state index is 10.6. The highest BCUT2D eigenvalue weighted by atomic mass is 16.6. The van der Waals surface area contributed by atoms with Crippen molar-refractivity contribution >= 4 is 17.3 Å². The highest BCUT2D eigenvalue weighted by molar-refractivity contribution is 5.64. The first kappa shape index (κ1) is 12.7. The molecule has 7 heteroatoms. The van der Waals surface area contributed by atoms with Gasteiger partial charge in [0.1, 0.15) is 5.75 Å². The van der Waals surface area contributed by atoms with Crippen molar-refractivity contribution in [3.8, 4) is 5.75 Å². The van der Waals surface area contributed by atoms with Gasteiger partial charge in [0.25, 0.3) is 5.69 Å². The van der Waals surface area contributed by atoms with Crippen LogP contribution in [0.25, 0.3) is 0 Å². The summed E-state index contributed by atoms with van der Waals surface area (Å²) in [5, 5.41) is 23.1. The van der Waals surface area contributed by atoms with E-state index in [0.717, 1.165) is 17.5 Å². The third kappa shape index (κ3) is 2.95. The monoisotopic (exact) mass is 260 g/mol. The fourth-order valence-corrected chi connectivity index (χ4v) is 1.64. The summed E-state index contributed by atoms with van der Waals surface area (Å²) in [6.07, 6.45) is 0. The number of nitrogens with one attached hydrogen (secondary N) is 1. The van der Waals surface area contributed by atoms with E-state index in [-0.39, 0.29) is 11.4 Å². The smallest absolute Gasteiger partial charge is 0.273 e. The number of anilines is 2. The molecule has 0 aliphatic heterocycles. The van der Waals surface area contributed by atoms with Crippen LogP contribution in [0.2, 0.25) is 0 Å². The number of hydrogen-bond acceptors (Lipinski definition) is 6. The van der Waals surface area contributed by atoms with E-state index in [1.54, 1.807) is 0 Å². The summed E-state index contributed by atoms with van der Waals surface area (Å²) in [6.45, 7) is 3.66. The molecular formula is C12H12N4O3. The molecule has 7 nitrogen and oxygen atoms in total. The van der Waals surface area contributed by atoms with Crippen LogP contribution in [-0.4, -0.2) is 20.0 Å². The van der Waals surface area contributed by atoms with Crippen molar-refractivity contribution in [2.45, 2.75) is 13.8 Å². The predicted molar refractivity (Wildman–Crippen MR) is 69.5 cm³/mol. The third-order valence-electron chi connectivity index (χ3n) is 2.42. The zero-order chi connectivity index (χ0) is 14.0. The molecule has 98 valence electrons. The van der Waals surface area contributed by atoms with Crippen molar-refractivity contribution in [2.75, 3.05) is 5.32 Å². The molecule has 0 amide bonds. The van der Waals surface area contributed by atoms with Crippen LogP contribution >= 0.6 is 0 Å². The molecular weight excluding hydrogens is 248 g/mol. The molecule has 0 atom stereocenters. The molecule has 1 aromatic carbocycles. The van der Waals surface area contributed by atoms with Gasteiger partial charge in [-0.15, -0.1) is 0 Å². The summed E-state index contributed by atoms with van der Waals surface area (Å²) in [5.41, 5.74) is 1.72. The molecule has 0 bridgehead atoms. The quantitative estimate of drug-likeness (QED) is 0.499. The number of nitro groups is 1. The molecule has 2 rings (SSSR count). The number of phenolic OH excluding ortho intramolecular Hbond substituents is 1. The third-order valence-corrected chi connectivity index (χ3v) is 2.42. The first-order chi connectivity index (χ1) is 8.95. The number of rotatable bonds is 3. The van der Waals surface area contributed by atoms with E-state index in [9.17, 15) is 15.2 Å². The van der Waals surface area contributed by atoms with Crippen LogP contribution in [0.15, 0.2) is 24.3 Å². The number of non-ortho nitro benzene ring substituents is 1. The Morgan fingerprint density at radius 3 is 2.37 bits per heavy atom. The number of aromatic hydroxyl groups is 1. The van der Waals surface area contributed by atoms with E-state index in [4.69, 9.17) is 0 Å². The number of nitrogens with zero attached hydrogens (tertiary/aromatic N) is 3. The van der Waals surface area contributed by atoms with Crippen LogP contribution in [-0.2, 0) is 0 Å². The number of hydrogen-bond donors (Lipinski definition) is 2. The molecule has 0 saturated heterocycles. The lowest BCUT2D eigenvalue weighted by Gasteiger charge is -2.08. The molecule has 0 spiro atoms. The Balaban J connectivity index is 2.30. The summed E-state index contributed by atoms with van der Waals surface area (Å²) in [4.78, 5) is 18.3. The summed E-state index contributed by atoms with van der Waals surface area (Å²) >= 11 is 0. The molecule has 0 aliphatic rings. The van der Waals surface area contributed by atoms with Crippen LogP contribution in [0.1, 0.15) is 11.4 Å². The molecule has 2 aromatic rings. The minimum absolute atomic E-state index is 0.176. The fraction of sp³-hybridized carbons (Fsp3) is 0.167. The molecule has 19 heavy (non-hydrogen) atoms. The Labute approximate surface area is 109 Å². The first-order valence-electron chi connectivity index (χ1n) is 5.52. The molecule has 0 aliphatic carbocycles. The van der Waals surface area contributed by atoms with Gasteiger partial charge in [0.15, 0.2) is 0 Å². The van der Waals surface area contributed by atoms with Crippen LogP contribution in [0.4, 0.5) is 17.3 Å². The molecule has 0 radical (unpaired) electrons. The van der Waals surface area contributed by atoms with Gasteiger partial charge in [-0.3, -0.25) is 10.1 Å². The lowest BCUT2D eigenvalue weighted by molar-refractivity contribution is -0.384. The molecule has 1 heterocycles. The van der Waals surface area contributed by atoms with E-state index >= 15 is 0 Å². The van der Waals surface area contributed by atoms with Crippen molar-refractivity contribution in [1.82, 2.24) is 9.97 Å². The summed E-state index contributed by atoms with van der Waals surface area (Å²) in [5.74, 6) is 0.110. The van der Waals surface area contributed by atoms with E-state index in [0.29, 0.717) is 11.6 Å². The van der Waals surface area contributed by atoms with Gasteiger partial charge >= 0.3 is 0 Å². The second-order valence-electron chi connectivity index (χ2n) is 4.06. The van der Waals surface area contributed by atoms with Gasteiger partial charge < -0.3 is 10.4 Å². The predicted octanol–water partition coefficient (Wildman–Crippen LogP) is 2.45. The topological polar surface area (TPSA) is 101 Å². The van der Waals surface area contributed by atoms with Gasteiger partial charge in [0.2, 0.25) is 5.95 Å². The largest absolute Gasteiger partial charge is 0.506 e. The first-order valence-corrected chi connectivity index (χ1v) is 5.52. The van der Waals surface area contributed by atoms with Crippen molar-refractivity contribution in [1.29, 1.82) is 0 Å². The maximum Gasteiger partial charge on any atom is 0.273 e. The van der Waals surface area contributed by atoms with Crippen molar-refractivity contribution in [2.24, 2.45) is 0 Å². The highest BCUT2D eigenvalue weighted by Crippen LogP contribution is 2.29. The Hall–Kier alpha value is -2.70. The minimum atomic E-state index is -0.573. The van der Waals surface area contributed by atoms with E-state index in [1.165, 1.54) is 12.1 Å². The molecule has 0 fully saturated rings. The normalized spacial score (nSPS) is 10.2. The van der Waals surface area contributed by atoms with Crippen LogP contribution in [0.5, 0.6) is 5.75 Å². The van der Waals surface area contributed by atoms with E-state index in [1.807, 2.05) is 19.9 Å². The second-order valence-corrected chi connectivity index (χ2v) is 4.06. The standard InChI is InChI=1S/C12H12N4O3/c1-7-5-8(2)14-12(13-7)15-10-4-3-9(16(18)19)6-11(10)17/h3-6,17H,1-2H3,(H,13,14,15). The van der Waals surface area contributed by atoms with Gasteiger partial charge in [-0.1, -0.05) is 0 Å². The summed E-state index contributed by atoms with van der Waals surface area (Å²) in [7, 11) is 0. The van der Waals surface area contributed by atoms with Crippen LogP contribution < -0.4 is 5.32 Å². The van der Waals surface area contributed by atoms with Gasteiger partial charge in [0, 0.05) is 17.5 Å². The van der Waals surface area contributed by atoms with Gasteiger partial charge in [-0.25, -0.2) is 9.97 Å². The lowest BCUT2D eigenvalue weighted by atomic mass is 10.2. The maximum absolute atomic E-state index is 10.6. The van der Waals surface area contributed by atoms with E-state index < -0.39 is 4.92 Å². The minimum Gasteiger partial charge on any atom is -0.506 e. The average Bonchev–Trinajstić information content (AvgIpc) is 2.30. The van der Waals surface area contributed by atoms with Crippen molar-refractivity contribution in [3.05, 3.63) is 45.8 Å². The number of benzene rings is 1. The van der Waals surface area contributed by atoms with Crippen LogP contribution in [0.3, 0.4) is 0 Å². The number of phenols is 1.